The van der Waals surface area contributed by atoms with Gasteiger partial charge in [-0.3, -0.25) is 14.6 Å². The third kappa shape index (κ3) is 5.86. The summed E-state index contributed by atoms with van der Waals surface area (Å²) in [5.41, 5.74) is 1.03. The molecule has 0 aromatic carbocycles. The van der Waals surface area contributed by atoms with Gasteiger partial charge in [0.05, 0.1) is 11.8 Å². The Hall–Kier alpha value is -3.01. The van der Waals surface area contributed by atoms with E-state index in [0.29, 0.717) is 36.8 Å². The number of nitrogens with zero attached hydrogens (tertiary/aromatic N) is 4. The van der Waals surface area contributed by atoms with Crippen molar-refractivity contribution in [1.29, 1.82) is 0 Å². The molecular weight excluding hydrogens is 460 g/mol. The summed E-state index contributed by atoms with van der Waals surface area (Å²) in [5.74, 6) is 0.0258. The van der Waals surface area contributed by atoms with Gasteiger partial charge < -0.3 is 14.9 Å². The molecule has 0 radical (unpaired) electrons. The van der Waals surface area contributed by atoms with E-state index in [9.17, 15) is 19.8 Å². The highest BCUT2D eigenvalue weighted by Gasteiger charge is 2.29. The molecule has 3 aromatic heterocycles. The summed E-state index contributed by atoms with van der Waals surface area (Å²) in [7, 11) is 0. The second-order valence-corrected chi connectivity index (χ2v) is 10.2. The molecule has 0 bridgehead atoms. The molecule has 36 heavy (non-hydrogen) atoms. The number of aromatic nitrogens is 4. The minimum Gasteiger partial charge on any atom is -0.387 e. The summed E-state index contributed by atoms with van der Waals surface area (Å²) in [6.45, 7) is 6.36. The normalized spacial score (nSPS) is 16.7. The van der Waals surface area contributed by atoms with Crippen LogP contribution in [0.1, 0.15) is 79.7 Å². The van der Waals surface area contributed by atoms with Gasteiger partial charge in [-0.15, -0.1) is 0 Å². The van der Waals surface area contributed by atoms with Crippen LogP contribution in [0.5, 0.6) is 0 Å². The molecule has 1 aliphatic rings. The topological polar surface area (TPSA) is 127 Å². The Labute approximate surface area is 210 Å². The molecule has 4 rings (SSSR count). The minimum absolute atomic E-state index is 0.0230. The number of ether oxygens (including phenoxy) is 1. The fourth-order valence-corrected chi connectivity index (χ4v) is 4.64. The van der Waals surface area contributed by atoms with Crippen LogP contribution in [0.2, 0.25) is 0 Å². The van der Waals surface area contributed by atoms with Crippen molar-refractivity contribution in [1.82, 2.24) is 19.7 Å². The van der Waals surface area contributed by atoms with Crippen LogP contribution in [0.15, 0.2) is 36.8 Å². The highest BCUT2D eigenvalue weighted by Crippen LogP contribution is 2.30. The standard InChI is InChI=1S/C27H34N4O5/c1-17-8-11-28-26-20(17)16-30-31(26)22(14-18-9-12-36-13-10-18)24(33)7-6-23(32)21-5-4-19(15-29-21)25(34)27(2,3)35/h4-5,8,11,15-16,18,22,25,34-35H,6-7,9-10,12-14H2,1-3H3. The molecule has 1 saturated heterocycles. The Balaban J connectivity index is 1.48. The lowest BCUT2D eigenvalue weighted by atomic mass is 9.89. The van der Waals surface area contributed by atoms with Gasteiger partial charge in [-0.1, -0.05) is 6.07 Å². The van der Waals surface area contributed by atoms with Crippen molar-refractivity contribution in [3.05, 3.63) is 53.6 Å². The number of Topliss-reactive ketones (excluding diaryl/α,β-unsaturated/α-hetero) is 2. The molecule has 0 amide bonds. The largest absolute Gasteiger partial charge is 0.387 e. The number of aliphatic hydroxyl groups is 2. The van der Waals surface area contributed by atoms with Crippen LogP contribution >= 0.6 is 0 Å². The van der Waals surface area contributed by atoms with Gasteiger partial charge in [-0.2, -0.15) is 5.10 Å². The first kappa shape index (κ1) is 26.1. The molecule has 192 valence electrons. The van der Waals surface area contributed by atoms with Crippen molar-refractivity contribution in [2.75, 3.05) is 13.2 Å². The van der Waals surface area contributed by atoms with Gasteiger partial charge in [0.1, 0.15) is 17.8 Å². The highest BCUT2D eigenvalue weighted by molar-refractivity contribution is 5.97. The van der Waals surface area contributed by atoms with E-state index in [2.05, 4.69) is 15.1 Å². The molecule has 2 unspecified atom stereocenters. The lowest BCUT2D eigenvalue weighted by Gasteiger charge is -2.26. The maximum Gasteiger partial charge on any atom is 0.181 e. The Morgan fingerprint density at radius 3 is 2.56 bits per heavy atom. The summed E-state index contributed by atoms with van der Waals surface area (Å²) >= 11 is 0. The van der Waals surface area contributed by atoms with Crippen molar-refractivity contribution < 1.29 is 24.5 Å². The number of hydrogen-bond donors (Lipinski definition) is 2. The van der Waals surface area contributed by atoms with Gasteiger partial charge in [-0.05, 0) is 63.6 Å². The zero-order valence-corrected chi connectivity index (χ0v) is 21.1. The lowest BCUT2D eigenvalue weighted by molar-refractivity contribution is -0.123. The summed E-state index contributed by atoms with van der Waals surface area (Å²) in [6, 6.07) is 4.50. The summed E-state index contributed by atoms with van der Waals surface area (Å²) in [5, 5.41) is 25.6. The van der Waals surface area contributed by atoms with Crippen molar-refractivity contribution in [2.24, 2.45) is 5.92 Å². The number of carbonyl (C=O) groups is 2. The molecule has 0 aliphatic carbocycles. The molecule has 0 saturated carbocycles. The molecule has 4 heterocycles. The van der Waals surface area contributed by atoms with E-state index in [1.54, 1.807) is 23.1 Å². The number of fused-ring (bicyclic) bond motifs is 1. The van der Waals surface area contributed by atoms with E-state index in [1.165, 1.54) is 26.1 Å². The van der Waals surface area contributed by atoms with Crippen molar-refractivity contribution in [2.45, 2.75) is 70.6 Å². The van der Waals surface area contributed by atoms with Crippen molar-refractivity contribution >= 4 is 22.6 Å². The lowest BCUT2D eigenvalue weighted by Crippen LogP contribution is -2.28. The smallest absolute Gasteiger partial charge is 0.181 e. The zero-order valence-electron chi connectivity index (χ0n) is 21.1. The van der Waals surface area contributed by atoms with Crippen molar-refractivity contribution in [3.63, 3.8) is 0 Å². The van der Waals surface area contributed by atoms with Crippen molar-refractivity contribution in [3.8, 4) is 0 Å². The van der Waals surface area contributed by atoms with Gasteiger partial charge in [-0.25, -0.2) is 9.67 Å². The first-order valence-electron chi connectivity index (χ1n) is 12.4. The Morgan fingerprint density at radius 2 is 1.89 bits per heavy atom. The molecule has 3 aromatic rings. The average molecular weight is 495 g/mol. The first-order chi connectivity index (χ1) is 17.1. The predicted octanol–water partition coefficient (Wildman–Crippen LogP) is 3.53. The second-order valence-electron chi connectivity index (χ2n) is 10.2. The number of ketones is 2. The number of rotatable bonds is 10. The molecule has 2 N–H and O–H groups in total. The van der Waals surface area contributed by atoms with Gasteiger partial charge in [0.15, 0.2) is 17.2 Å². The molecular formula is C27H34N4O5. The van der Waals surface area contributed by atoms with Crippen LogP contribution in [0, 0.1) is 12.8 Å². The maximum atomic E-state index is 13.5. The number of hydrogen-bond acceptors (Lipinski definition) is 8. The van der Waals surface area contributed by atoms with E-state index in [-0.39, 0.29) is 30.1 Å². The summed E-state index contributed by atoms with van der Waals surface area (Å²) in [4.78, 5) is 34.9. The third-order valence-corrected chi connectivity index (χ3v) is 6.94. The number of aliphatic hydroxyl groups excluding tert-OH is 1. The fourth-order valence-electron chi connectivity index (χ4n) is 4.64. The van der Waals surface area contributed by atoms with Crippen LogP contribution in [0.4, 0.5) is 0 Å². The van der Waals surface area contributed by atoms with Crippen LogP contribution in [-0.4, -0.2) is 60.3 Å². The molecule has 1 aliphatic heterocycles. The van der Waals surface area contributed by atoms with E-state index in [1.807, 2.05) is 13.0 Å². The predicted molar refractivity (Wildman–Crippen MR) is 134 cm³/mol. The first-order valence-corrected chi connectivity index (χ1v) is 12.4. The van der Waals surface area contributed by atoms with Crippen LogP contribution < -0.4 is 0 Å². The van der Waals surface area contributed by atoms with Crippen LogP contribution in [0.3, 0.4) is 0 Å². The average Bonchev–Trinajstić information content (AvgIpc) is 3.30. The molecule has 9 nitrogen and oxygen atoms in total. The highest BCUT2D eigenvalue weighted by atomic mass is 16.5. The monoisotopic (exact) mass is 494 g/mol. The Morgan fingerprint density at radius 1 is 1.14 bits per heavy atom. The SMILES string of the molecule is Cc1ccnc2c1cnn2C(CC1CCOCC1)C(=O)CCC(=O)c1ccc(C(O)C(C)(C)O)cn1. The second kappa shape index (κ2) is 10.9. The van der Waals surface area contributed by atoms with Gasteiger partial charge in [0.2, 0.25) is 0 Å². The van der Waals surface area contributed by atoms with Gasteiger partial charge in [0.25, 0.3) is 0 Å². The minimum atomic E-state index is -1.33. The van der Waals surface area contributed by atoms with Crippen LogP contribution in [0.25, 0.3) is 11.0 Å². The fraction of sp³-hybridized carbons (Fsp3) is 0.519. The Bertz CT molecular complexity index is 1210. The van der Waals surface area contributed by atoms with E-state index in [4.69, 9.17) is 4.74 Å². The molecule has 0 spiro atoms. The summed E-state index contributed by atoms with van der Waals surface area (Å²) < 4.78 is 7.21. The zero-order chi connectivity index (χ0) is 25.9. The van der Waals surface area contributed by atoms with Crippen LogP contribution in [-0.2, 0) is 9.53 Å². The van der Waals surface area contributed by atoms with Gasteiger partial charge >= 0.3 is 0 Å². The number of aryl methyl sites for hydroxylation is 1. The number of carbonyl (C=O) groups excluding carboxylic acids is 2. The summed E-state index contributed by atoms with van der Waals surface area (Å²) in [6.07, 6.45) is 6.23. The van der Waals surface area contributed by atoms with Gasteiger partial charge in [0, 0.05) is 49.4 Å². The van der Waals surface area contributed by atoms with E-state index >= 15 is 0 Å². The quantitative estimate of drug-likeness (QED) is 0.410. The number of pyridine rings is 2. The Kier molecular flexibility index (Phi) is 7.92. The molecule has 1 fully saturated rings. The third-order valence-electron chi connectivity index (χ3n) is 6.94. The maximum absolute atomic E-state index is 13.5. The van der Waals surface area contributed by atoms with E-state index < -0.39 is 17.7 Å². The van der Waals surface area contributed by atoms with E-state index in [0.717, 1.165) is 23.8 Å². The molecule has 9 heteroatoms. The molecule has 2 atom stereocenters.